The number of rotatable bonds is 5. The second-order valence-corrected chi connectivity index (χ2v) is 6.39. The number of nitrogens with one attached hydrogen (secondary N) is 1. The van der Waals surface area contributed by atoms with Gasteiger partial charge < -0.3 is 10.1 Å². The van der Waals surface area contributed by atoms with Crippen molar-refractivity contribution in [2.24, 2.45) is 5.92 Å². The molecule has 26 heavy (non-hydrogen) atoms. The van der Waals surface area contributed by atoms with Crippen molar-refractivity contribution in [2.75, 3.05) is 12.4 Å². The molecule has 3 aromatic rings. The lowest BCUT2D eigenvalue weighted by atomic mass is 10.1. The number of aromatic nitrogens is 3. The lowest BCUT2D eigenvalue weighted by Crippen LogP contribution is -2.17. The van der Waals surface area contributed by atoms with Gasteiger partial charge in [0.2, 0.25) is 5.91 Å². The molecule has 3 rings (SSSR count). The SMILES string of the molecule is COc1nc(-c2ccc(C)cc2)n(-c2ccc(NC(=O)C(C)C)cc2)n1. The number of ether oxygens (including phenoxy) is 1. The van der Waals surface area contributed by atoms with Crippen LogP contribution in [0.25, 0.3) is 17.1 Å². The monoisotopic (exact) mass is 350 g/mol. The van der Waals surface area contributed by atoms with Gasteiger partial charge >= 0.3 is 6.01 Å². The van der Waals surface area contributed by atoms with Crippen molar-refractivity contribution in [2.45, 2.75) is 20.8 Å². The highest BCUT2D eigenvalue weighted by molar-refractivity contribution is 5.92. The molecule has 0 spiro atoms. The van der Waals surface area contributed by atoms with E-state index in [1.165, 1.54) is 5.56 Å². The van der Waals surface area contributed by atoms with Crippen LogP contribution < -0.4 is 10.1 Å². The van der Waals surface area contributed by atoms with Gasteiger partial charge in [-0.3, -0.25) is 4.79 Å². The molecule has 1 heterocycles. The minimum absolute atomic E-state index is 0.0134. The number of nitrogens with zero attached hydrogens (tertiary/aromatic N) is 3. The van der Waals surface area contributed by atoms with E-state index in [1.807, 2.05) is 69.3 Å². The number of hydrogen-bond donors (Lipinski definition) is 1. The zero-order valence-corrected chi connectivity index (χ0v) is 15.4. The number of carbonyl (C=O) groups is 1. The van der Waals surface area contributed by atoms with Crippen LogP contribution in [0.15, 0.2) is 48.5 Å². The van der Waals surface area contributed by atoms with Crippen molar-refractivity contribution < 1.29 is 9.53 Å². The van der Waals surface area contributed by atoms with Crippen LogP contribution in [0.2, 0.25) is 0 Å². The van der Waals surface area contributed by atoms with E-state index in [4.69, 9.17) is 4.74 Å². The molecule has 1 N–H and O–H groups in total. The third-order valence-corrected chi connectivity index (χ3v) is 3.98. The number of anilines is 1. The largest absolute Gasteiger partial charge is 0.466 e. The van der Waals surface area contributed by atoms with Gasteiger partial charge in [0.05, 0.1) is 12.8 Å². The Kier molecular flexibility index (Phi) is 5.02. The summed E-state index contributed by atoms with van der Waals surface area (Å²) in [6, 6.07) is 15.9. The molecule has 0 unspecified atom stereocenters. The molecule has 6 heteroatoms. The first-order valence-electron chi connectivity index (χ1n) is 8.47. The number of aryl methyl sites for hydroxylation is 1. The molecule has 2 aromatic carbocycles. The maximum atomic E-state index is 11.8. The Labute approximate surface area is 152 Å². The maximum absolute atomic E-state index is 11.8. The van der Waals surface area contributed by atoms with Crippen LogP contribution in [0.4, 0.5) is 5.69 Å². The molecule has 0 radical (unpaired) electrons. The summed E-state index contributed by atoms with van der Waals surface area (Å²) < 4.78 is 6.94. The Morgan fingerprint density at radius 2 is 1.73 bits per heavy atom. The fraction of sp³-hybridized carbons (Fsp3) is 0.250. The van der Waals surface area contributed by atoms with Gasteiger partial charge in [0.15, 0.2) is 5.82 Å². The lowest BCUT2D eigenvalue weighted by Gasteiger charge is -2.09. The van der Waals surface area contributed by atoms with E-state index < -0.39 is 0 Å². The summed E-state index contributed by atoms with van der Waals surface area (Å²) in [5, 5.41) is 7.29. The van der Waals surface area contributed by atoms with Gasteiger partial charge in [0, 0.05) is 17.2 Å². The van der Waals surface area contributed by atoms with Crippen molar-refractivity contribution in [1.82, 2.24) is 14.8 Å². The minimum Gasteiger partial charge on any atom is -0.466 e. The highest BCUT2D eigenvalue weighted by Crippen LogP contribution is 2.24. The van der Waals surface area contributed by atoms with Crippen LogP contribution in [-0.2, 0) is 4.79 Å². The van der Waals surface area contributed by atoms with Gasteiger partial charge in [0.1, 0.15) is 0 Å². The molecule has 1 amide bonds. The number of amides is 1. The third-order valence-electron chi connectivity index (χ3n) is 3.98. The molecule has 6 nitrogen and oxygen atoms in total. The van der Waals surface area contributed by atoms with Gasteiger partial charge in [-0.1, -0.05) is 43.7 Å². The van der Waals surface area contributed by atoms with Crippen molar-refractivity contribution in [1.29, 1.82) is 0 Å². The Hall–Kier alpha value is -3.15. The quantitative estimate of drug-likeness (QED) is 0.759. The van der Waals surface area contributed by atoms with Crippen LogP contribution >= 0.6 is 0 Å². The predicted octanol–water partition coefficient (Wildman–Crippen LogP) is 3.85. The summed E-state index contributed by atoms with van der Waals surface area (Å²) in [5.41, 5.74) is 3.70. The molecular weight excluding hydrogens is 328 g/mol. The Balaban J connectivity index is 1.94. The molecule has 0 aliphatic carbocycles. The molecule has 0 aliphatic rings. The second kappa shape index (κ2) is 7.39. The average molecular weight is 350 g/mol. The summed E-state index contributed by atoms with van der Waals surface area (Å²) in [6.07, 6.45) is 0. The standard InChI is InChI=1S/C20H22N4O2/c1-13(2)19(25)21-16-9-11-17(12-10-16)24-18(22-20(23-24)26-4)15-7-5-14(3)6-8-15/h5-13H,1-4H3,(H,21,25). The fourth-order valence-electron chi connectivity index (χ4n) is 2.42. The zero-order chi connectivity index (χ0) is 18.7. The van der Waals surface area contributed by atoms with E-state index in [9.17, 15) is 4.79 Å². The van der Waals surface area contributed by atoms with Crippen molar-refractivity contribution in [3.8, 4) is 23.1 Å². The van der Waals surface area contributed by atoms with Gasteiger partial charge in [-0.25, -0.2) is 4.68 Å². The summed E-state index contributed by atoms with van der Waals surface area (Å²) >= 11 is 0. The van der Waals surface area contributed by atoms with E-state index in [-0.39, 0.29) is 11.8 Å². The summed E-state index contributed by atoms with van der Waals surface area (Å²) in [6.45, 7) is 5.76. The van der Waals surface area contributed by atoms with E-state index >= 15 is 0 Å². The van der Waals surface area contributed by atoms with Gasteiger partial charge in [-0.2, -0.15) is 4.98 Å². The lowest BCUT2D eigenvalue weighted by molar-refractivity contribution is -0.118. The van der Waals surface area contributed by atoms with Crippen LogP contribution in [-0.4, -0.2) is 27.8 Å². The van der Waals surface area contributed by atoms with Crippen LogP contribution in [0.5, 0.6) is 6.01 Å². The van der Waals surface area contributed by atoms with Crippen LogP contribution in [0.1, 0.15) is 19.4 Å². The summed E-state index contributed by atoms with van der Waals surface area (Å²) in [5.74, 6) is 0.615. The minimum atomic E-state index is -0.0672. The summed E-state index contributed by atoms with van der Waals surface area (Å²) in [7, 11) is 1.54. The van der Waals surface area contributed by atoms with Crippen molar-refractivity contribution >= 4 is 11.6 Å². The Morgan fingerprint density at radius 1 is 1.08 bits per heavy atom. The average Bonchev–Trinajstić information content (AvgIpc) is 3.07. The summed E-state index contributed by atoms with van der Waals surface area (Å²) in [4.78, 5) is 16.3. The fourth-order valence-corrected chi connectivity index (χ4v) is 2.42. The van der Waals surface area contributed by atoms with Crippen molar-refractivity contribution in [3.63, 3.8) is 0 Å². The molecule has 0 saturated heterocycles. The number of benzene rings is 2. The highest BCUT2D eigenvalue weighted by atomic mass is 16.5. The van der Waals surface area contributed by atoms with Gasteiger partial charge in [0.25, 0.3) is 0 Å². The predicted molar refractivity (Wildman–Crippen MR) is 102 cm³/mol. The first kappa shape index (κ1) is 17.7. The third kappa shape index (κ3) is 3.74. The van der Waals surface area contributed by atoms with Crippen LogP contribution in [0, 0.1) is 12.8 Å². The molecule has 0 bridgehead atoms. The molecule has 0 aliphatic heterocycles. The van der Waals surface area contributed by atoms with E-state index in [2.05, 4.69) is 15.4 Å². The van der Waals surface area contributed by atoms with E-state index in [1.54, 1.807) is 11.8 Å². The highest BCUT2D eigenvalue weighted by Gasteiger charge is 2.14. The molecular formula is C20H22N4O2. The first-order valence-corrected chi connectivity index (χ1v) is 8.47. The van der Waals surface area contributed by atoms with E-state index in [0.29, 0.717) is 11.8 Å². The first-order chi connectivity index (χ1) is 12.5. The molecule has 1 aromatic heterocycles. The number of methoxy groups -OCH3 is 1. The number of carbonyl (C=O) groups excluding carboxylic acids is 1. The molecule has 0 saturated carbocycles. The smallest absolute Gasteiger partial charge is 0.336 e. The van der Waals surface area contributed by atoms with Crippen LogP contribution in [0.3, 0.4) is 0 Å². The Bertz CT molecular complexity index is 897. The molecule has 0 atom stereocenters. The topological polar surface area (TPSA) is 69.0 Å². The molecule has 134 valence electrons. The van der Waals surface area contributed by atoms with E-state index in [0.717, 1.165) is 16.9 Å². The second-order valence-electron chi connectivity index (χ2n) is 6.39. The Morgan fingerprint density at radius 3 is 2.31 bits per heavy atom. The van der Waals surface area contributed by atoms with Crippen molar-refractivity contribution in [3.05, 3.63) is 54.1 Å². The molecule has 0 fully saturated rings. The van der Waals surface area contributed by atoms with Gasteiger partial charge in [-0.15, -0.1) is 5.10 Å². The zero-order valence-electron chi connectivity index (χ0n) is 15.4. The number of hydrogen-bond acceptors (Lipinski definition) is 4. The normalized spacial score (nSPS) is 10.8. The maximum Gasteiger partial charge on any atom is 0.336 e. The van der Waals surface area contributed by atoms with Gasteiger partial charge in [-0.05, 0) is 31.2 Å².